The Morgan fingerprint density at radius 2 is 1.35 bits per heavy atom. The molecule has 0 aliphatic rings. The fourth-order valence-electron chi connectivity index (χ4n) is 3.11. The molecule has 0 bridgehead atoms. The topological polar surface area (TPSA) is 77.5 Å². The molecule has 0 amide bonds. The molecular formula is C25H24O5S. The van der Waals surface area contributed by atoms with Crippen molar-refractivity contribution in [2.75, 3.05) is 6.26 Å². The Bertz CT molecular complexity index is 1220. The Labute approximate surface area is 182 Å². The summed E-state index contributed by atoms with van der Waals surface area (Å²) in [7, 11) is -3.50. The second-order valence-corrected chi connectivity index (χ2v) is 9.69. The van der Waals surface area contributed by atoms with Crippen LogP contribution in [0.25, 0.3) is 0 Å². The lowest BCUT2D eigenvalue weighted by atomic mass is 9.98. The zero-order chi connectivity index (χ0) is 22.8. The van der Waals surface area contributed by atoms with E-state index < -0.39 is 21.9 Å². The van der Waals surface area contributed by atoms with Gasteiger partial charge < -0.3 is 4.74 Å². The normalized spacial score (nSPS) is 12.3. The Morgan fingerprint density at radius 3 is 1.90 bits per heavy atom. The molecule has 0 aromatic heterocycles. The van der Waals surface area contributed by atoms with Crippen molar-refractivity contribution < 1.29 is 22.7 Å². The minimum atomic E-state index is -3.50. The number of hydrogen-bond donors (Lipinski definition) is 0. The maximum Gasteiger partial charge on any atom is 0.339 e. The van der Waals surface area contributed by atoms with Gasteiger partial charge in [0.05, 0.1) is 10.5 Å². The smallest absolute Gasteiger partial charge is 0.339 e. The van der Waals surface area contributed by atoms with Gasteiger partial charge in [-0.25, -0.2) is 13.2 Å². The average molecular weight is 437 g/mol. The van der Waals surface area contributed by atoms with Gasteiger partial charge in [0.1, 0.15) is 0 Å². The van der Waals surface area contributed by atoms with Gasteiger partial charge >= 0.3 is 5.97 Å². The van der Waals surface area contributed by atoms with Gasteiger partial charge in [-0.1, -0.05) is 65.7 Å². The number of carbonyl (C=O) groups is 2. The molecule has 160 valence electrons. The molecule has 6 heteroatoms. The molecule has 3 rings (SSSR count). The highest BCUT2D eigenvalue weighted by atomic mass is 32.2. The number of ketones is 1. The number of ether oxygens (including phenoxy) is 1. The van der Waals surface area contributed by atoms with E-state index in [1.807, 2.05) is 38.1 Å². The summed E-state index contributed by atoms with van der Waals surface area (Å²) in [4.78, 5) is 26.3. The number of rotatable bonds is 6. The molecule has 0 fully saturated rings. The van der Waals surface area contributed by atoms with Crippen molar-refractivity contribution in [3.8, 4) is 0 Å². The summed E-state index contributed by atoms with van der Waals surface area (Å²) < 4.78 is 29.5. The lowest BCUT2D eigenvalue weighted by Gasteiger charge is -2.19. The number of aryl methyl sites for hydroxylation is 3. The highest BCUT2D eigenvalue weighted by Gasteiger charge is 2.28. The quantitative estimate of drug-likeness (QED) is 0.410. The van der Waals surface area contributed by atoms with Crippen molar-refractivity contribution >= 4 is 21.6 Å². The largest absolute Gasteiger partial charge is 0.445 e. The van der Waals surface area contributed by atoms with Crippen LogP contribution in [0.4, 0.5) is 0 Å². The van der Waals surface area contributed by atoms with E-state index >= 15 is 0 Å². The Hall–Kier alpha value is -3.25. The maximum absolute atomic E-state index is 13.2. The van der Waals surface area contributed by atoms with Crippen molar-refractivity contribution in [3.63, 3.8) is 0 Å². The fraction of sp³-hybridized carbons (Fsp3) is 0.200. The summed E-state index contributed by atoms with van der Waals surface area (Å²) in [5.74, 6) is -1.11. The molecule has 0 saturated carbocycles. The van der Waals surface area contributed by atoms with E-state index in [1.165, 1.54) is 12.1 Å². The van der Waals surface area contributed by atoms with Crippen LogP contribution in [-0.4, -0.2) is 26.4 Å². The van der Waals surface area contributed by atoms with E-state index in [4.69, 9.17) is 4.74 Å². The highest BCUT2D eigenvalue weighted by molar-refractivity contribution is 7.90. The van der Waals surface area contributed by atoms with Gasteiger partial charge in [0.25, 0.3) is 0 Å². The lowest BCUT2D eigenvalue weighted by Crippen LogP contribution is -2.21. The van der Waals surface area contributed by atoms with Crippen LogP contribution in [0.1, 0.15) is 49.1 Å². The first-order valence-corrected chi connectivity index (χ1v) is 11.6. The Morgan fingerprint density at radius 1 is 0.806 bits per heavy atom. The van der Waals surface area contributed by atoms with E-state index in [-0.39, 0.29) is 16.2 Å². The molecule has 0 aliphatic heterocycles. The summed E-state index contributed by atoms with van der Waals surface area (Å²) in [5, 5.41) is 0. The number of carbonyl (C=O) groups excluding carboxylic acids is 2. The van der Waals surface area contributed by atoms with E-state index in [0.29, 0.717) is 16.7 Å². The van der Waals surface area contributed by atoms with E-state index in [0.717, 1.165) is 17.4 Å². The van der Waals surface area contributed by atoms with Crippen LogP contribution < -0.4 is 0 Å². The molecule has 0 aliphatic carbocycles. The van der Waals surface area contributed by atoms with E-state index in [9.17, 15) is 18.0 Å². The van der Waals surface area contributed by atoms with Crippen LogP contribution >= 0.6 is 0 Å². The predicted molar refractivity (Wildman–Crippen MR) is 119 cm³/mol. The molecule has 3 aromatic rings. The van der Waals surface area contributed by atoms with Gasteiger partial charge in [-0.15, -0.1) is 0 Å². The van der Waals surface area contributed by atoms with Gasteiger partial charge in [-0.3, -0.25) is 4.79 Å². The summed E-state index contributed by atoms with van der Waals surface area (Å²) in [5.41, 5.74) is 3.65. The number of sulfone groups is 1. The SMILES string of the molecule is Cc1ccc(C(=O)C(OC(=O)c2cc(S(C)(=O)=O)ccc2C)c2ccc(C)cc2)cc1. The second-order valence-electron chi connectivity index (χ2n) is 7.68. The number of hydrogen-bond acceptors (Lipinski definition) is 5. The first kappa shape index (κ1) is 22.4. The highest BCUT2D eigenvalue weighted by Crippen LogP contribution is 2.26. The third kappa shape index (κ3) is 5.27. The number of Topliss-reactive ketones (excluding diaryl/α,β-unsaturated/α-hetero) is 1. The van der Waals surface area contributed by atoms with Gasteiger partial charge in [-0.2, -0.15) is 0 Å². The predicted octanol–water partition coefficient (Wildman–Crippen LogP) is 4.80. The zero-order valence-electron chi connectivity index (χ0n) is 17.9. The summed E-state index contributed by atoms with van der Waals surface area (Å²) in [6, 6.07) is 18.5. The Kier molecular flexibility index (Phi) is 6.41. The number of esters is 1. The van der Waals surface area contributed by atoms with Crippen LogP contribution in [0.15, 0.2) is 71.6 Å². The number of benzene rings is 3. The molecule has 0 heterocycles. The van der Waals surface area contributed by atoms with Gasteiger partial charge in [0.2, 0.25) is 5.78 Å². The third-order valence-electron chi connectivity index (χ3n) is 5.04. The van der Waals surface area contributed by atoms with Gasteiger partial charge in [-0.05, 0) is 38.5 Å². The summed E-state index contributed by atoms with van der Waals surface area (Å²) in [6.07, 6.45) is -0.0832. The molecular weight excluding hydrogens is 412 g/mol. The van der Waals surface area contributed by atoms with Crippen LogP contribution in [0.5, 0.6) is 0 Å². The molecule has 0 N–H and O–H groups in total. The summed E-state index contributed by atoms with van der Waals surface area (Å²) >= 11 is 0. The first-order valence-electron chi connectivity index (χ1n) is 9.75. The van der Waals surface area contributed by atoms with Crippen molar-refractivity contribution in [1.82, 2.24) is 0 Å². The minimum Gasteiger partial charge on any atom is -0.445 e. The van der Waals surface area contributed by atoms with Gasteiger partial charge in [0.15, 0.2) is 15.9 Å². The average Bonchev–Trinajstić information content (AvgIpc) is 2.72. The molecule has 31 heavy (non-hydrogen) atoms. The second kappa shape index (κ2) is 8.86. The third-order valence-corrected chi connectivity index (χ3v) is 6.15. The van der Waals surface area contributed by atoms with E-state index in [1.54, 1.807) is 37.3 Å². The van der Waals surface area contributed by atoms with Crippen LogP contribution in [0, 0.1) is 20.8 Å². The monoisotopic (exact) mass is 436 g/mol. The zero-order valence-corrected chi connectivity index (χ0v) is 18.7. The lowest BCUT2D eigenvalue weighted by molar-refractivity contribution is 0.0279. The molecule has 3 aromatic carbocycles. The van der Waals surface area contributed by atoms with Crippen LogP contribution in [0.2, 0.25) is 0 Å². The van der Waals surface area contributed by atoms with Gasteiger partial charge in [0, 0.05) is 17.4 Å². The molecule has 1 atom stereocenters. The standard InChI is InChI=1S/C25H24O5S/c1-16-5-10-19(11-6-16)23(26)24(20-12-7-17(2)8-13-20)30-25(27)22-15-21(31(4,28)29)14-9-18(22)3/h5-15,24H,1-4H3. The first-order chi connectivity index (χ1) is 14.6. The molecule has 0 saturated heterocycles. The van der Waals surface area contributed by atoms with Crippen LogP contribution in [0.3, 0.4) is 0 Å². The van der Waals surface area contributed by atoms with Crippen molar-refractivity contribution in [1.29, 1.82) is 0 Å². The Balaban J connectivity index is 2.01. The van der Waals surface area contributed by atoms with Crippen molar-refractivity contribution in [2.24, 2.45) is 0 Å². The van der Waals surface area contributed by atoms with Crippen molar-refractivity contribution in [3.05, 3.63) is 100 Å². The molecule has 0 radical (unpaired) electrons. The molecule has 0 spiro atoms. The maximum atomic E-state index is 13.2. The minimum absolute atomic E-state index is 0.0156. The molecule has 5 nitrogen and oxygen atoms in total. The van der Waals surface area contributed by atoms with Crippen LogP contribution in [-0.2, 0) is 14.6 Å². The van der Waals surface area contributed by atoms with Crippen molar-refractivity contribution in [2.45, 2.75) is 31.8 Å². The molecule has 1 unspecified atom stereocenters. The summed E-state index contributed by atoms with van der Waals surface area (Å²) in [6.45, 7) is 5.53. The fourth-order valence-corrected chi connectivity index (χ4v) is 3.75. The van der Waals surface area contributed by atoms with E-state index in [2.05, 4.69) is 0 Å².